The molecule has 0 aromatic heterocycles. The van der Waals surface area contributed by atoms with Gasteiger partial charge in [0.2, 0.25) is 0 Å². The number of nitrogens with zero attached hydrogens (tertiary/aromatic N) is 1. The van der Waals surface area contributed by atoms with Gasteiger partial charge < -0.3 is 34.7 Å². The van der Waals surface area contributed by atoms with Gasteiger partial charge in [-0.25, -0.2) is 9.59 Å². The largest absolute Gasteiger partial charge is 0.490 e. The molecule has 0 unspecified atom stereocenters. The molecule has 1 aliphatic heterocycles. The van der Waals surface area contributed by atoms with E-state index < -0.39 is 30.2 Å². The average molecular weight is 605 g/mol. The number of hydrazone groups is 1. The van der Waals surface area contributed by atoms with Gasteiger partial charge in [0.1, 0.15) is 12.4 Å². The number of aliphatic hydroxyl groups excluding tert-OH is 1. The van der Waals surface area contributed by atoms with Crippen molar-refractivity contribution < 1.29 is 38.4 Å². The van der Waals surface area contributed by atoms with Gasteiger partial charge in [0.15, 0.2) is 17.7 Å². The third-order valence-electron chi connectivity index (χ3n) is 5.32. The lowest BCUT2D eigenvalue weighted by atomic mass is 9.95. The van der Waals surface area contributed by atoms with Crippen LogP contribution in [0.4, 0.5) is 4.79 Å². The fraction of sp³-hybridized carbons (Fsp3) is 0.308. The van der Waals surface area contributed by atoms with E-state index in [9.17, 15) is 19.5 Å². The van der Waals surface area contributed by atoms with Gasteiger partial charge in [0, 0.05) is 12.6 Å². The second-order valence-corrected chi connectivity index (χ2v) is 9.05. The lowest BCUT2D eigenvalue weighted by molar-refractivity contribution is -0.136. The van der Waals surface area contributed by atoms with Crippen LogP contribution in [0.3, 0.4) is 0 Å². The quantitative estimate of drug-likeness (QED) is 0.0995. The van der Waals surface area contributed by atoms with E-state index in [0.29, 0.717) is 45.2 Å². The van der Waals surface area contributed by atoms with Crippen LogP contribution in [0.25, 0.3) is 0 Å². The van der Waals surface area contributed by atoms with Gasteiger partial charge in [-0.2, -0.15) is 5.10 Å². The highest BCUT2D eigenvalue weighted by atomic mass is 79.9. The van der Waals surface area contributed by atoms with Crippen molar-refractivity contribution >= 4 is 40.1 Å². The van der Waals surface area contributed by atoms with Gasteiger partial charge in [-0.05, 0) is 71.2 Å². The normalized spacial score (nSPS) is 15.7. The van der Waals surface area contributed by atoms with E-state index in [4.69, 9.17) is 18.9 Å². The van der Waals surface area contributed by atoms with Gasteiger partial charge in [0.25, 0.3) is 0 Å². The second kappa shape index (κ2) is 13.6. The molecule has 0 aliphatic carbocycles. The predicted octanol–water partition coefficient (Wildman–Crippen LogP) is 2.89. The Morgan fingerprint density at radius 2 is 1.92 bits per heavy atom. The standard InChI is InChI=1S/C26H29BrN4O8/c1-5-37-21-11-17(24-23(25(34)36-4)14(2)29-26(35)30-24)7-9-20(21)38-13-22(33)31-28-12-16-6-8-19(18(27)10-16)39-15(3)32/h6-12,22,24,31,33H,5,13H2,1-4H3,(H2,29,30,35)/b28-12+/t22-,24-/m0/s1. The maximum atomic E-state index is 12.4. The van der Waals surface area contributed by atoms with Crippen LogP contribution >= 0.6 is 15.9 Å². The van der Waals surface area contributed by atoms with Crippen molar-refractivity contribution in [3.8, 4) is 17.2 Å². The summed E-state index contributed by atoms with van der Waals surface area (Å²) in [7, 11) is 1.27. The summed E-state index contributed by atoms with van der Waals surface area (Å²) >= 11 is 3.33. The van der Waals surface area contributed by atoms with Crippen molar-refractivity contribution in [1.29, 1.82) is 0 Å². The van der Waals surface area contributed by atoms with E-state index in [2.05, 4.69) is 37.1 Å². The smallest absolute Gasteiger partial charge is 0.337 e. The van der Waals surface area contributed by atoms with Crippen LogP contribution in [0.5, 0.6) is 17.2 Å². The Bertz CT molecular complexity index is 1300. The van der Waals surface area contributed by atoms with Crippen LogP contribution in [-0.2, 0) is 14.3 Å². The second-order valence-electron chi connectivity index (χ2n) is 8.20. The first-order valence-corrected chi connectivity index (χ1v) is 12.6. The first kappa shape index (κ1) is 29.5. The zero-order valence-electron chi connectivity index (χ0n) is 21.7. The molecule has 2 atom stereocenters. The number of carbonyl (C=O) groups excluding carboxylic acids is 3. The highest BCUT2D eigenvalue weighted by molar-refractivity contribution is 9.10. The Balaban J connectivity index is 1.67. The summed E-state index contributed by atoms with van der Waals surface area (Å²) in [5.74, 6) is 0.0761. The summed E-state index contributed by atoms with van der Waals surface area (Å²) in [6, 6.07) is 8.76. The van der Waals surface area contributed by atoms with E-state index in [1.54, 1.807) is 50.2 Å². The van der Waals surface area contributed by atoms with Crippen molar-refractivity contribution in [2.45, 2.75) is 33.0 Å². The fourth-order valence-electron chi connectivity index (χ4n) is 3.65. The van der Waals surface area contributed by atoms with Crippen LogP contribution in [-0.4, -0.2) is 55.8 Å². The maximum absolute atomic E-state index is 12.4. The molecule has 4 N–H and O–H groups in total. The maximum Gasteiger partial charge on any atom is 0.337 e. The van der Waals surface area contributed by atoms with Gasteiger partial charge in [0.05, 0.1) is 36.0 Å². The summed E-state index contributed by atoms with van der Waals surface area (Å²) < 4.78 is 22.0. The highest BCUT2D eigenvalue weighted by Crippen LogP contribution is 2.35. The minimum absolute atomic E-state index is 0.164. The van der Waals surface area contributed by atoms with Crippen molar-refractivity contribution in [1.82, 2.24) is 16.1 Å². The lowest BCUT2D eigenvalue weighted by Gasteiger charge is -2.28. The number of halogens is 1. The van der Waals surface area contributed by atoms with Crippen LogP contribution in [0, 0.1) is 0 Å². The van der Waals surface area contributed by atoms with E-state index >= 15 is 0 Å². The number of hydrogen-bond acceptors (Lipinski definition) is 10. The number of nitrogens with one attached hydrogen (secondary N) is 3. The molecule has 39 heavy (non-hydrogen) atoms. The number of allylic oxidation sites excluding steroid dienone is 1. The molecule has 2 amide bonds. The monoisotopic (exact) mass is 604 g/mol. The Kier molecular flexibility index (Phi) is 10.3. The van der Waals surface area contributed by atoms with E-state index in [0.717, 1.165) is 0 Å². The number of rotatable bonds is 11. The van der Waals surface area contributed by atoms with Crippen LogP contribution in [0.1, 0.15) is 37.9 Å². The molecule has 2 aromatic rings. The van der Waals surface area contributed by atoms with E-state index in [1.807, 2.05) is 0 Å². The Morgan fingerprint density at radius 1 is 1.18 bits per heavy atom. The Morgan fingerprint density at radius 3 is 2.59 bits per heavy atom. The van der Waals surface area contributed by atoms with Crippen LogP contribution in [0.15, 0.2) is 57.2 Å². The topological polar surface area (TPSA) is 157 Å². The van der Waals surface area contributed by atoms with Crippen LogP contribution < -0.4 is 30.3 Å². The highest BCUT2D eigenvalue weighted by Gasteiger charge is 2.32. The first-order chi connectivity index (χ1) is 18.6. The third-order valence-corrected chi connectivity index (χ3v) is 5.94. The number of amides is 2. The van der Waals surface area contributed by atoms with Crippen molar-refractivity contribution in [3.05, 3.63) is 63.3 Å². The molecule has 12 nitrogen and oxygen atoms in total. The van der Waals surface area contributed by atoms with Crippen molar-refractivity contribution in [2.24, 2.45) is 5.10 Å². The number of methoxy groups -OCH3 is 1. The van der Waals surface area contributed by atoms with Crippen LogP contribution in [0.2, 0.25) is 0 Å². The van der Waals surface area contributed by atoms with Gasteiger partial charge in [-0.3, -0.25) is 10.2 Å². The van der Waals surface area contributed by atoms with E-state index in [1.165, 1.54) is 20.2 Å². The molecule has 1 aliphatic rings. The van der Waals surface area contributed by atoms with Gasteiger partial charge in [-0.1, -0.05) is 6.07 Å². The molecule has 208 valence electrons. The molecular weight excluding hydrogens is 576 g/mol. The molecule has 0 saturated carbocycles. The number of esters is 2. The molecular formula is C26H29BrN4O8. The molecule has 1 heterocycles. The fourth-order valence-corrected chi connectivity index (χ4v) is 4.13. The predicted molar refractivity (Wildman–Crippen MR) is 144 cm³/mol. The number of aliphatic hydroxyl groups is 1. The summed E-state index contributed by atoms with van der Waals surface area (Å²) in [6.45, 7) is 4.89. The minimum Gasteiger partial charge on any atom is -0.490 e. The molecule has 0 radical (unpaired) electrons. The molecule has 0 bridgehead atoms. The minimum atomic E-state index is -1.15. The molecule has 2 aromatic carbocycles. The zero-order valence-corrected chi connectivity index (χ0v) is 23.3. The number of benzene rings is 2. The summed E-state index contributed by atoms with van der Waals surface area (Å²) in [5.41, 5.74) is 4.48. The van der Waals surface area contributed by atoms with Crippen molar-refractivity contribution in [3.63, 3.8) is 0 Å². The lowest BCUT2D eigenvalue weighted by Crippen LogP contribution is -2.45. The Hall–Kier alpha value is -4.10. The molecule has 13 heteroatoms. The number of hydrogen-bond donors (Lipinski definition) is 4. The summed E-state index contributed by atoms with van der Waals surface area (Å²) in [4.78, 5) is 35.6. The van der Waals surface area contributed by atoms with Gasteiger partial charge >= 0.3 is 18.0 Å². The first-order valence-electron chi connectivity index (χ1n) is 11.8. The van der Waals surface area contributed by atoms with Gasteiger partial charge in [-0.15, -0.1) is 0 Å². The number of ether oxygens (including phenoxy) is 4. The number of carbonyl (C=O) groups is 3. The Labute approximate surface area is 233 Å². The third kappa shape index (κ3) is 7.94. The summed E-state index contributed by atoms with van der Waals surface area (Å²) in [5, 5.41) is 19.6. The number of urea groups is 1. The molecule has 0 spiro atoms. The molecule has 0 saturated heterocycles. The van der Waals surface area contributed by atoms with Crippen molar-refractivity contribution in [2.75, 3.05) is 20.3 Å². The zero-order chi connectivity index (χ0) is 28.5. The van der Waals surface area contributed by atoms with E-state index in [-0.39, 0.29) is 12.2 Å². The molecule has 0 fully saturated rings. The summed E-state index contributed by atoms with van der Waals surface area (Å²) in [6.07, 6.45) is 0.326. The average Bonchev–Trinajstić information content (AvgIpc) is 2.88. The SMILES string of the molecule is CCOc1cc([C@@H]2NC(=O)NC(C)=C2C(=O)OC)ccc1OC[C@H](O)N/N=C/c1ccc(OC(C)=O)c(Br)c1. The molecule has 3 rings (SSSR count).